The Labute approximate surface area is 115 Å². The predicted octanol–water partition coefficient (Wildman–Crippen LogP) is 4.20. The molecule has 1 unspecified atom stereocenters. The molecule has 0 radical (unpaired) electrons. The number of rotatable bonds is 3. The molecule has 0 aliphatic rings. The van der Waals surface area contributed by atoms with Crippen molar-refractivity contribution >= 4 is 11.6 Å². The van der Waals surface area contributed by atoms with Crippen LogP contribution in [0, 0.1) is 18.6 Å². The van der Waals surface area contributed by atoms with Crippen molar-refractivity contribution in [3.63, 3.8) is 0 Å². The highest BCUT2D eigenvalue weighted by Crippen LogP contribution is 2.27. The van der Waals surface area contributed by atoms with E-state index in [9.17, 15) is 13.9 Å². The lowest BCUT2D eigenvalue weighted by atomic mass is 9.98. The molecule has 0 aliphatic heterocycles. The van der Waals surface area contributed by atoms with Gasteiger partial charge in [-0.1, -0.05) is 23.7 Å². The van der Waals surface area contributed by atoms with Crippen molar-refractivity contribution in [3.8, 4) is 0 Å². The van der Waals surface area contributed by atoms with Crippen LogP contribution < -0.4 is 0 Å². The fraction of sp³-hybridized carbons (Fsp3) is 0.200. The van der Waals surface area contributed by atoms with Crippen LogP contribution in [0.25, 0.3) is 0 Å². The number of aliphatic hydroxyl groups excluding tert-OH is 1. The fourth-order valence-electron chi connectivity index (χ4n) is 1.98. The summed E-state index contributed by atoms with van der Waals surface area (Å²) in [5.74, 6) is -0.755. The minimum absolute atomic E-state index is 0.187. The van der Waals surface area contributed by atoms with Crippen molar-refractivity contribution in [1.29, 1.82) is 0 Å². The van der Waals surface area contributed by atoms with Crippen molar-refractivity contribution in [2.24, 2.45) is 0 Å². The molecular weight excluding hydrogens is 270 g/mol. The smallest absolute Gasteiger partial charge is 0.124 e. The third kappa shape index (κ3) is 3.31. The van der Waals surface area contributed by atoms with Crippen molar-refractivity contribution < 1.29 is 13.9 Å². The van der Waals surface area contributed by atoms with E-state index in [2.05, 4.69) is 0 Å². The van der Waals surface area contributed by atoms with Crippen molar-refractivity contribution in [2.75, 3.05) is 0 Å². The average Bonchev–Trinajstić information content (AvgIpc) is 2.32. The highest BCUT2D eigenvalue weighted by molar-refractivity contribution is 6.31. The largest absolute Gasteiger partial charge is 0.388 e. The van der Waals surface area contributed by atoms with Crippen LogP contribution in [-0.2, 0) is 6.42 Å². The number of hydrogen-bond donors (Lipinski definition) is 1. The maximum Gasteiger partial charge on any atom is 0.124 e. The lowest BCUT2D eigenvalue weighted by molar-refractivity contribution is 0.178. The van der Waals surface area contributed by atoms with Gasteiger partial charge in [-0.15, -0.1) is 0 Å². The van der Waals surface area contributed by atoms with Crippen LogP contribution in [0.3, 0.4) is 0 Å². The van der Waals surface area contributed by atoms with Gasteiger partial charge in [0.15, 0.2) is 0 Å². The van der Waals surface area contributed by atoms with Crippen LogP contribution in [0.4, 0.5) is 8.78 Å². The Balaban J connectivity index is 2.23. The monoisotopic (exact) mass is 282 g/mol. The standard InChI is InChI=1S/C15H13ClF2O/c1-9-6-11(17)3-2-10(9)7-15(19)13-5-4-12(18)8-14(13)16/h2-6,8,15,19H,7H2,1H3. The molecule has 1 atom stereocenters. The summed E-state index contributed by atoms with van der Waals surface area (Å²) in [5, 5.41) is 10.3. The highest BCUT2D eigenvalue weighted by atomic mass is 35.5. The molecule has 0 saturated carbocycles. The molecule has 0 aromatic heterocycles. The first kappa shape index (κ1) is 14.0. The molecule has 0 bridgehead atoms. The van der Waals surface area contributed by atoms with E-state index >= 15 is 0 Å². The van der Waals surface area contributed by atoms with Gasteiger partial charge in [0.2, 0.25) is 0 Å². The van der Waals surface area contributed by atoms with Crippen molar-refractivity contribution in [2.45, 2.75) is 19.4 Å². The molecule has 1 N–H and O–H groups in total. The van der Waals surface area contributed by atoms with E-state index in [1.54, 1.807) is 13.0 Å². The zero-order chi connectivity index (χ0) is 14.0. The topological polar surface area (TPSA) is 20.2 Å². The van der Waals surface area contributed by atoms with Crippen LogP contribution >= 0.6 is 11.6 Å². The molecule has 0 fully saturated rings. The predicted molar refractivity (Wildman–Crippen MR) is 71.2 cm³/mol. The number of benzene rings is 2. The lowest BCUT2D eigenvalue weighted by Crippen LogP contribution is -2.04. The van der Waals surface area contributed by atoms with Gasteiger partial charge in [0.05, 0.1) is 6.10 Å². The summed E-state index contributed by atoms with van der Waals surface area (Å²) in [5.41, 5.74) is 2.05. The van der Waals surface area contributed by atoms with Crippen molar-refractivity contribution in [3.05, 3.63) is 69.7 Å². The molecule has 2 aromatic rings. The van der Waals surface area contributed by atoms with Gasteiger partial charge >= 0.3 is 0 Å². The van der Waals surface area contributed by atoms with Gasteiger partial charge in [0.1, 0.15) is 11.6 Å². The Morgan fingerprint density at radius 2 is 1.74 bits per heavy atom. The molecule has 4 heteroatoms. The van der Waals surface area contributed by atoms with Crippen LogP contribution in [0.15, 0.2) is 36.4 Å². The van der Waals surface area contributed by atoms with Gasteiger partial charge in [-0.05, 0) is 47.9 Å². The van der Waals surface area contributed by atoms with E-state index in [-0.39, 0.29) is 10.8 Å². The van der Waals surface area contributed by atoms with Crippen molar-refractivity contribution in [1.82, 2.24) is 0 Å². The normalized spacial score (nSPS) is 12.5. The maximum absolute atomic E-state index is 13.0. The quantitative estimate of drug-likeness (QED) is 0.894. The molecular formula is C15H13ClF2O. The van der Waals surface area contributed by atoms with Gasteiger partial charge in [-0.25, -0.2) is 8.78 Å². The first-order chi connectivity index (χ1) is 8.97. The average molecular weight is 283 g/mol. The summed E-state index contributed by atoms with van der Waals surface area (Å²) in [6.07, 6.45) is -0.547. The second-order valence-corrected chi connectivity index (χ2v) is 4.86. The minimum atomic E-state index is -0.850. The molecule has 100 valence electrons. The number of aliphatic hydroxyl groups is 1. The van der Waals surface area contributed by atoms with E-state index in [0.29, 0.717) is 12.0 Å². The number of halogens is 3. The zero-order valence-corrected chi connectivity index (χ0v) is 11.1. The second kappa shape index (κ2) is 5.68. The summed E-state index contributed by atoms with van der Waals surface area (Å²) >= 11 is 5.90. The summed E-state index contributed by atoms with van der Waals surface area (Å²) in [6, 6.07) is 8.27. The van der Waals surface area contributed by atoms with E-state index in [0.717, 1.165) is 17.2 Å². The number of hydrogen-bond acceptors (Lipinski definition) is 1. The zero-order valence-electron chi connectivity index (χ0n) is 10.3. The number of aryl methyl sites for hydroxylation is 1. The molecule has 0 aliphatic carbocycles. The van der Waals surface area contributed by atoms with Crippen LogP contribution in [0.2, 0.25) is 5.02 Å². The molecule has 19 heavy (non-hydrogen) atoms. The second-order valence-electron chi connectivity index (χ2n) is 4.46. The Bertz CT molecular complexity index is 599. The van der Waals surface area contributed by atoms with Gasteiger partial charge in [-0.2, -0.15) is 0 Å². The Morgan fingerprint density at radius 1 is 1.11 bits per heavy atom. The summed E-state index contributed by atoms with van der Waals surface area (Å²) < 4.78 is 25.9. The van der Waals surface area contributed by atoms with Crippen LogP contribution in [0.5, 0.6) is 0 Å². The van der Waals surface area contributed by atoms with E-state index in [1.807, 2.05) is 0 Å². The Morgan fingerprint density at radius 3 is 2.37 bits per heavy atom. The van der Waals surface area contributed by atoms with Gasteiger partial charge < -0.3 is 5.11 Å². The molecule has 2 rings (SSSR count). The molecule has 1 nitrogen and oxygen atoms in total. The molecule has 0 amide bonds. The van der Waals surface area contributed by atoms with Gasteiger partial charge in [-0.3, -0.25) is 0 Å². The van der Waals surface area contributed by atoms with E-state index in [1.165, 1.54) is 24.3 Å². The molecule has 2 aromatic carbocycles. The minimum Gasteiger partial charge on any atom is -0.388 e. The maximum atomic E-state index is 13.0. The third-order valence-corrected chi connectivity index (χ3v) is 3.37. The summed E-state index contributed by atoms with van der Waals surface area (Å²) in [6.45, 7) is 1.78. The highest BCUT2D eigenvalue weighted by Gasteiger charge is 2.14. The first-order valence-corrected chi connectivity index (χ1v) is 6.23. The molecule has 0 heterocycles. The van der Waals surface area contributed by atoms with Crippen LogP contribution in [-0.4, -0.2) is 5.11 Å². The molecule has 0 saturated heterocycles. The summed E-state index contributed by atoms with van der Waals surface area (Å²) in [4.78, 5) is 0. The van der Waals surface area contributed by atoms with Gasteiger partial charge in [0.25, 0.3) is 0 Å². The summed E-state index contributed by atoms with van der Waals surface area (Å²) in [7, 11) is 0. The lowest BCUT2D eigenvalue weighted by Gasteiger charge is -2.14. The van der Waals surface area contributed by atoms with E-state index < -0.39 is 11.9 Å². The van der Waals surface area contributed by atoms with Crippen LogP contribution in [0.1, 0.15) is 22.8 Å². The molecule has 0 spiro atoms. The fourth-order valence-corrected chi connectivity index (χ4v) is 2.27. The SMILES string of the molecule is Cc1cc(F)ccc1CC(O)c1ccc(F)cc1Cl. The van der Waals surface area contributed by atoms with E-state index in [4.69, 9.17) is 11.6 Å². The first-order valence-electron chi connectivity index (χ1n) is 5.85. The van der Waals surface area contributed by atoms with Gasteiger partial charge in [0, 0.05) is 11.4 Å². The third-order valence-electron chi connectivity index (χ3n) is 3.04. The Hall–Kier alpha value is -1.45. The Kier molecular flexibility index (Phi) is 4.17.